The average molecular weight is 459 g/mol. The third-order valence-corrected chi connectivity index (χ3v) is 6.00. The summed E-state index contributed by atoms with van der Waals surface area (Å²) >= 11 is 6.13. The number of aromatic amines is 1. The first-order valence-electron chi connectivity index (χ1n) is 11.3. The molecular weight excluding hydrogens is 428 g/mol. The lowest BCUT2D eigenvalue weighted by atomic mass is 9.87. The summed E-state index contributed by atoms with van der Waals surface area (Å²) < 4.78 is 0. The number of fused-ring (bicyclic) bond motifs is 1. The van der Waals surface area contributed by atoms with Crippen LogP contribution in [-0.2, 0) is 5.41 Å². The van der Waals surface area contributed by atoms with Crippen LogP contribution in [0.15, 0.2) is 72.8 Å². The normalized spacial score (nSPS) is 12.9. The van der Waals surface area contributed by atoms with Gasteiger partial charge >= 0.3 is 0 Å². The lowest BCUT2D eigenvalue weighted by Gasteiger charge is -2.19. The van der Waals surface area contributed by atoms with Crippen LogP contribution < -0.4 is 10.6 Å². The van der Waals surface area contributed by atoms with Gasteiger partial charge in [0, 0.05) is 16.4 Å². The van der Waals surface area contributed by atoms with Crippen molar-refractivity contribution in [2.45, 2.75) is 46.1 Å². The van der Waals surface area contributed by atoms with E-state index < -0.39 is 0 Å². The Morgan fingerprint density at radius 2 is 1.76 bits per heavy atom. The van der Waals surface area contributed by atoms with Gasteiger partial charge in [0.15, 0.2) is 0 Å². The molecule has 170 valence electrons. The molecule has 1 heterocycles. The van der Waals surface area contributed by atoms with Crippen LogP contribution in [0.3, 0.4) is 0 Å². The molecule has 0 saturated heterocycles. The average Bonchev–Trinajstić information content (AvgIpc) is 3.16. The zero-order valence-corrected chi connectivity index (χ0v) is 20.6. The summed E-state index contributed by atoms with van der Waals surface area (Å²) in [5, 5.41) is 7.76. The number of halogens is 1. The fourth-order valence-corrected chi connectivity index (χ4v) is 4.09. The van der Waals surface area contributed by atoms with Crippen molar-refractivity contribution < 1.29 is 0 Å². The number of H-pyrrole nitrogens is 1. The lowest BCUT2D eigenvalue weighted by molar-refractivity contribution is 0.590. The van der Waals surface area contributed by atoms with Crippen molar-refractivity contribution >= 4 is 40.0 Å². The van der Waals surface area contributed by atoms with Crippen LogP contribution >= 0.6 is 11.6 Å². The summed E-state index contributed by atoms with van der Waals surface area (Å²) in [4.78, 5) is 8.13. The Bertz CT molecular complexity index is 1280. The lowest BCUT2D eigenvalue weighted by Crippen LogP contribution is -2.10. The predicted octanol–water partition coefficient (Wildman–Crippen LogP) is 8.30. The van der Waals surface area contributed by atoms with Crippen LogP contribution in [0, 0.1) is 6.92 Å². The van der Waals surface area contributed by atoms with E-state index in [-0.39, 0.29) is 11.5 Å². The number of hydrogen-bond donors (Lipinski definition) is 3. The molecule has 0 aliphatic rings. The summed E-state index contributed by atoms with van der Waals surface area (Å²) in [6, 6.07) is 20.8. The highest BCUT2D eigenvalue weighted by molar-refractivity contribution is 6.30. The molecule has 0 spiro atoms. The Morgan fingerprint density at radius 1 is 1.00 bits per heavy atom. The summed E-state index contributed by atoms with van der Waals surface area (Å²) in [6.07, 6.45) is 4.22. The zero-order valence-electron chi connectivity index (χ0n) is 19.8. The second kappa shape index (κ2) is 9.32. The maximum Gasteiger partial charge on any atom is 0.205 e. The predicted molar refractivity (Wildman–Crippen MR) is 142 cm³/mol. The first kappa shape index (κ1) is 22.9. The van der Waals surface area contributed by atoms with Crippen LogP contribution in [0.1, 0.15) is 50.4 Å². The van der Waals surface area contributed by atoms with Gasteiger partial charge in [-0.2, -0.15) is 0 Å². The van der Waals surface area contributed by atoms with Crippen LogP contribution in [0.2, 0.25) is 5.02 Å². The second-order valence-electron chi connectivity index (χ2n) is 9.42. The second-order valence-corrected chi connectivity index (χ2v) is 9.86. The third-order valence-electron chi connectivity index (χ3n) is 5.76. The standard InChI is InChI=1S/C28H31ClN4/c1-6-7-24(31-23-15-11-21(29)16-18(23)2)19-8-14-25-26(17-19)33-27(32-25)30-22-12-9-20(10-13-22)28(3,4)5/h6-17,24,31H,1-5H3,(H2,30,32,33). The van der Waals surface area contributed by atoms with Gasteiger partial charge in [-0.1, -0.05) is 62.7 Å². The van der Waals surface area contributed by atoms with Crippen LogP contribution in [0.5, 0.6) is 0 Å². The molecular formula is C28H31ClN4. The minimum Gasteiger partial charge on any atom is -0.375 e. The van der Waals surface area contributed by atoms with Gasteiger partial charge in [0.05, 0.1) is 17.1 Å². The maximum absolute atomic E-state index is 6.13. The van der Waals surface area contributed by atoms with Gasteiger partial charge in [0.2, 0.25) is 5.95 Å². The Kier molecular flexibility index (Phi) is 6.48. The number of allylic oxidation sites excluding steroid dienone is 1. The molecule has 1 atom stereocenters. The molecule has 0 saturated carbocycles. The molecule has 0 aliphatic heterocycles. The monoisotopic (exact) mass is 458 g/mol. The molecule has 5 heteroatoms. The van der Waals surface area contributed by atoms with Gasteiger partial charge in [-0.3, -0.25) is 0 Å². The highest BCUT2D eigenvalue weighted by Gasteiger charge is 2.14. The van der Waals surface area contributed by atoms with Gasteiger partial charge in [-0.15, -0.1) is 0 Å². The van der Waals surface area contributed by atoms with Gasteiger partial charge in [0.1, 0.15) is 0 Å². The summed E-state index contributed by atoms with van der Waals surface area (Å²) in [5.41, 5.74) is 7.70. The Hall–Kier alpha value is -3.24. The van der Waals surface area contributed by atoms with Gasteiger partial charge in [0.25, 0.3) is 0 Å². The Balaban J connectivity index is 1.57. The number of nitrogens with zero attached hydrogens (tertiary/aromatic N) is 1. The van der Waals surface area contributed by atoms with Crippen LogP contribution in [-0.4, -0.2) is 9.97 Å². The van der Waals surface area contributed by atoms with E-state index in [2.05, 4.69) is 97.9 Å². The number of nitrogens with one attached hydrogen (secondary N) is 3. The molecule has 0 radical (unpaired) electrons. The maximum atomic E-state index is 6.13. The van der Waals surface area contributed by atoms with E-state index in [0.717, 1.165) is 44.5 Å². The Morgan fingerprint density at radius 3 is 2.42 bits per heavy atom. The molecule has 3 aromatic carbocycles. The number of anilines is 3. The number of benzene rings is 3. The van der Waals surface area contributed by atoms with Gasteiger partial charge in [-0.25, -0.2) is 4.98 Å². The first-order valence-corrected chi connectivity index (χ1v) is 11.6. The molecule has 4 aromatic rings. The number of aryl methyl sites for hydroxylation is 1. The van der Waals surface area contributed by atoms with Crippen LogP contribution in [0.4, 0.5) is 17.3 Å². The van der Waals surface area contributed by atoms with Gasteiger partial charge < -0.3 is 15.6 Å². The van der Waals surface area contributed by atoms with Crippen LogP contribution in [0.25, 0.3) is 11.0 Å². The van der Waals surface area contributed by atoms with Crippen molar-refractivity contribution in [2.24, 2.45) is 0 Å². The first-order chi connectivity index (χ1) is 15.7. The SMILES string of the molecule is CC=CC(Nc1ccc(Cl)cc1C)c1ccc2nc(Nc3ccc(C(C)(C)C)cc3)[nH]c2c1. The van der Waals surface area contributed by atoms with Crippen molar-refractivity contribution in [2.75, 3.05) is 10.6 Å². The highest BCUT2D eigenvalue weighted by atomic mass is 35.5. The van der Waals surface area contributed by atoms with E-state index in [4.69, 9.17) is 16.6 Å². The van der Waals surface area contributed by atoms with E-state index in [1.807, 2.05) is 25.1 Å². The fraction of sp³-hybridized carbons (Fsp3) is 0.250. The summed E-state index contributed by atoms with van der Waals surface area (Å²) in [5.74, 6) is 0.731. The van der Waals surface area contributed by atoms with E-state index >= 15 is 0 Å². The minimum absolute atomic E-state index is 0.0314. The molecule has 1 unspecified atom stereocenters. The van der Waals surface area contributed by atoms with Crippen molar-refractivity contribution in [3.8, 4) is 0 Å². The molecule has 0 fully saturated rings. The highest BCUT2D eigenvalue weighted by Crippen LogP contribution is 2.29. The minimum atomic E-state index is 0.0314. The zero-order chi connectivity index (χ0) is 23.6. The number of imidazole rings is 1. The van der Waals surface area contributed by atoms with Gasteiger partial charge in [-0.05, 0) is 78.4 Å². The molecule has 1 aromatic heterocycles. The van der Waals surface area contributed by atoms with Crippen molar-refractivity contribution in [3.05, 3.63) is 94.5 Å². The van der Waals surface area contributed by atoms with E-state index in [9.17, 15) is 0 Å². The molecule has 0 amide bonds. The molecule has 33 heavy (non-hydrogen) atoms. The number of rotatable bonds is 6. The Labute approximate surface area is 201 Å². The smallest absolute Gasteiger partial charge is 0.205 e. The van der Waals surface area contributed by atoms with Crippen molar-refractivity contribution in [3.63, 3.8) is 0 Å². The number of aromatic nitrogens is 2. The largest absolute Gasteiger partial charge is 0.375 e. The third kappa shape index (κ3) is 5.40. The number of hydrogen-bond acceptors (Lipinski definition) is 3. The molecule has 3 N–H and O–H groups in total. The summed E-state index contributed by atoms with van der Waals surface area (Å²) in [6.45, 7) is 10.7. The van der Waals surface area contributed by atoms with E-state index in [1.165, 1.54) is 5.56 Å². The summed E-state index contributed by atoms with van der Waals surface area (Å²) in [7, 11) is 0. The van der Waals surface area contributed by atoms with E-state index in [1.54, 1.807) is 0 Å². The quantitative estimate of drug-likeness (QED) is 0.255. The molecule has 4 nitrogen and oxygen atoms in total. The molecule has 4 rings (SSSR count). The van der Waals surface area contributed by atoms with Crippen molar-refractivity contribution in [1.29, 1.82) is 0 Å². The fourth-order valence-electron chi connectivity index (χ4n) is 3.86. The molecule has 0 bridgehead atoms. The van der Waals surface area contributed by atoms with E-state index in [0.29, 0.717) is 0 Å². The topological polar surface area (TPSA) is 52.7 Å². The van der Waals surface area contributed by atoms with Crippen molar-refractivity contribution in [1.82, 2.24) is 9.97 Å². The molecule has 0 aliphatic carbocycles.